The van der Waals surface area contributed by atoms with E-state index in [0.29, 0.717) is 23.9 Å². The summed E-state index contributed by atoms with van der Waals surface area (Å²) in [5.41, 5.74) is 8.48. The van der Waals surface area contributed by atoms with Gasteiger partial charge in [-0.25, -0.2) is 0 Å². The van der Waals surface area contributed by atoms with Gasteiger partial charge in [-0.05, 0) is 35.4 Å². The maximum absolute atomic E-state index is 5.91. The molecule has 100 valence electrons. The average molecular weight is 278 g/mol. The fourth-order valence-electron chi connectivity index (χ4n) is 1.80. The summed E-state index contributed by atoms with van der Waals surface area (Å²) < 4.78 is 10.8. The number of anilines is 1. The van der Waals surface area contributed by atoms with Crippen LogP contribution in [0.5, 0.6) is 5.75 Å². The van der Waals surface area contributed by atoms with Crippen LogP contribution in [0.3, 0.4) is 0 Å². The molecule has 0 aromatic heterocycles. The summed E-state index contributed by atoms with van der Waals surface area (Å²) in [6.45, 7) is 0.992. The van der Waals surface area contributed by atoms with Crippen LogP contribution in [0.25, 0.3) is 0 Å². The molecule has 2 aromatic rings. The molecule has 0 unspecified atom stereocenters. The molecule has 2 N–H and O–H groups in total. The van der Waals surface area contributed by atoms with Crippen molar-refractivity contribution in [1.29, 1.82) is 0 Å². The van der Waals surface area contributed by atoms with E-state index in [-0.39, 0.29) is 0 Å². The third-order valence-corrected chi connectivity index (χ3v) is 2.89. The SMILES string of the molecule is COc1cc(N)cc(COCc2cccc(Cl)c2)c1. The molecule has 0 radical (unpaired) electrons. The highest BCUT2D eigenvalue weighted by molar-refractivity contribution is 6.30. The molecule has 0 saturated carbocycles. The van der Waals surface area contributed by atoms with Gasteiger partial charge in [0.25, 0.3) is 0 Å². The fraction of sp³-hybridized carbons (Fsp3) is 0.200. The second-order valence-corrected chi connectivity index (χ2v) is 4.67. The smallest absolute Gasteiger partial charge is 0.121 e. The third kappa shape index (κ3) is 4.16. The molecule has 0 saturated heterocycles. The van der Waals surface area contributed by atoms with E-state index in [4.69, 9.17) is 26.8 Å². The molecule has 0 atom stereocenters. The fourth-order valence-corrected chi connectivity index (χ4v) is 2.01. The van der Waals surface area contributed by atoms with E-state index < -0.39 is 0 Å². The quantitative estimate of drug-likeness (QED) is 0.849. The Morgan fingerprint density at radius 2 is 1.84 bits per heavy atom. The van der Waals surface area contributed by atoms with E-state index in [2.05, 4.69) is 0 Å². The van der Waals surface area contributed by atoms with E-state index >= 15 is 0 Å². The Bertz CT molecular complexity index is 558. The monoisotopic (exact) mass is 277 g/mol. The van der Waals surface area contributed by atoms with Gasteiger partial charge in [-0.1, -0.05) is 23.7 Å². The largest absolute Gasteiger partial charge is 0.497 e. The molecule has 3 nitrogen and oxygen atoms in total. The normalized spacial score (nSPS) is 10.4. The van der Waals surface area contributed by atoms with Crippen molar-refractivity contribution in [3.8, 4) is 5.75 Å². The molecule has 19 heavy (non-hydrogen) atoms. The minimum Gasteiger partial charge on any atom is -0.497 e. The summed E-state index contributed by atoms with van der Waals surface area (Å²) in [4.78, 5) is 0. The lowest BCUT2D eigenvalue weighted by Crippen LogP contribution is -1.97. The predicted octanol–water partition coefficient (Wildman–Crippen LogP) is 3.65. The third-order valence-electron chi connectivity index (χ3n) is 2.65. The second kappa shape index (κ2) is 6.45. The van der Waals surface area contributed by atoms with Crippen LogP contribution >= 0.6 is 11.6 Å². The topological polar surface area (TPSA) is 44.5 Å². The van der Waals surface area contributed by atoms with Crippen LogP contribution in [0, 0.1) is 0 Å². The first-order valence-electron chi connectivity index (χ1n) is 5.93. The van der Waals surface area contributed by atoms with Crippen molar-refractivity contribution in [3.05, 3.63) is 58.6 Å². The Morgan fingerprint density at radius 3 is 2.58 bits per heavy atom. The van der Waals surface area contributed by atoms with Crippen molar-refractivity contribution in [2.75, 3.05) is 12.8 Å². The molecule has 0 bridgehead atoms. The van der Waals surface area contributed by atoms with Crippen LogP contribution in [-0.2, 0) is 18.0 Å². The summed E-state index contributed by atoms with van der Waals surface area (Å²) in [6, 6.07) is 13.2. The number of hydrogen-bond donors (Lipinski definition) is 1. The van der Waals surface area contributed by atoms with E-state index in [1.807, 2.05) is 36.4 Å². The minimum absolute atomic E-state index is 0.480. The Balaban J connectivity index is 1.94. The molecule has 0 aliphatic rings. The number of halogens is 1. The standard InChI is InChI=1S/C15H16ClNO2/c1-18-15-7-12(6-14(17)8-15)10-19-9-11-3-2-4-13(16)5-11/h2-8H,9-10,17H2,1H3. The van der Waals surface area contributed by atoms with E-state index in [9.17, 15) is 0 Å². The van der Waals surface area contributed by atoms with Crippen molar-refractivity contribution in [1.82, 2.24) is 0 Å². The molecule has 0 heterocycles. The predicted molar refractivity (Wildman–Crippen MR) is 77.4 cm³/mol. The summed E-state index contributed by atoms with van der Waals surface area (Å²) >= 11 is 5.91. The van der Waals surface area contributed by atoms with Gasteiger partial charge >= 0.3 is 0 Å². The van der Waals surface area contributed by atoms with Crippen LogP contribution in [0.1, 0.15) is 11.1 Å². The molecule has 2 aromatic carbocycles. The summed E-state index contributed by atoms with van der Waals surface area (Å²) in [5, 5.41) is 0.715. The maximum atomic E-state index is 5.91. The van der Waals surface area contributed by atoms with Gasteiger partial charge in [-0.3, -0.25) is 0 Å². The molecular formula is C15H16ClNO2. The summed E-state index contributed by atoms with van der Waals surface area (Å²) in [6.07, 6.45) is 0. The van der Waals surface area contributed by atoms with Gasteiger partial charge < -0.3 is 15.2 Å². The van der Waals surface area contributed by atoms with Gasteiger partial charge in [-0.2, -0.15) is 0 Å². The van der Waals surface area contributed by atoms with Gasteiger partial charge in [0.15, 0.2) is 0 Å². The zero-order chi connectivity index (χ0) is 13.7. The lowest BCUT2D eigenvalue weighted by atomic mass is 10.2. The molecule has 0 aliphatic heterocycles. The lowest BCUT2D eigenvalue weighted by Gasteiger charge is -2.08. The number of methoxy groups -OCH3 is 1. The minimum atomic E-state index is 0.480. The zero-order valence-corrected chi connectivity index (χ0v) is 11.5. The first kappa shape index (κ1) is 13.7. The van der Waals surface area contributed by atoms with E-state index in [1.54, 1.807) is 13.2 Å². The van der Waals surface area contributed by atoms with Gasteiger partial charge in [0, 0.05) is 16.8 Å². The van der Waals surface area contributed by atoms with E-state index in [0.717, 1.165) is 16.9 Å². The first-order valence-corrected chi connectivity index (χ1v) is 6.31. The highest BCUT2D eigenvalue weighted by atomic mass is 35.5. The number of benzene rings is 2. The highest BCUT2D eigenvalue weighted by Crippen LogP contribution is 2.19. The number of rotatable bonds is 5. The first-order chi connectivity index (χ1) is 9.17. The Labute approximate surface area is 117 Å². The summed E-state index contributed by atoms with van der Waals surface area (Å²) in [7, 11) is 1.62. The molecule has 4 heteroatoms. The van der Waals surface area contributed by atoms with Crippen LogP contribution < -0.4 is 10.5 Å². The molecule has 2 rings (SSSR count). The number of nitrogens with two attached hydrogens (primary N) is 1. The molecular weight excluding hydrogens is 262 g/mol. The zero-order valence-electron chi connectivity index (χ0n) is 10.7. The van der Waals surface area contributed by atoms with Crippen LogP contribution in [0.4, 0.5) is 5.69 Å². The van der Waals surface area contributed by atoms with Crippen molar-refractivity contribution < 1.29 is 9.47 Å². The van der Waals surface area contributed by atoms with Gasteiger partial charge in [0.1, 0.15) is 5.75 Å². The Hall–Kier alpha value is -1.71. The van der Waals surface area contributed by atoms with Crippen molar-refractivity contribution in [3.63, 3.8) is 0 Å². The maximum Gasteiger partial charge on any atom is 0.121 e. The van der Waals surface area contributed by atoms with Crippen LogP contribution in [-0.4, -0.2) is 7.11 Å². The van der Waals surface area contributed by atoms with Gasteiger partial charge in [-0.15, -0.1) is 0 Å². The second-order valence-electron chi connectivity index (χ2n) is 4.24. The average Bonchev–Trinajstić information content (AvgIpc) is 2.38. The Kier molecular flexibility index (Phi) is 4.66. The highest BCUT2D eigenvalue weighted by Gasteiger charge is 2.00. The molecule has 0 aliphatic carbocycles. The number of nitrogen functional groups attached to an aromatic ring is 1. The van der Waals surface area contributed by atoms with Gasteiger partial charge in [0.05, 0.1) is 20.3 Å². The Morgan fingerprint density at radius 1 is 1.05 bits per heavy atom. The van der Waals surface area contributed by atoms with E-state index in [1.165, 1.54) is 0 Å². The van der Waals surface area contributed by atoms with Crippen LogP contribution in [0.2, 0.25) is 5.02 Å². The summed E-state index contributed by atoms with van der Waals surface area (Å²) in [5.74, 6) is 0.737. The molecule has 0 fully saturated rings. The number of hydrogen-bond acceptors (Lipinski definition) is 3. The van der Waals surface area contributed by atoms with Crippen molar-refractivity contribution >= 4 is 17.3 Å². The molecule has 0 spiro atoms. The lowest BCUT2D eigenvalue weighted by molar-refractivity contribution is 0.107. The van der Waals surface area contributed by atoms with Crippen molar-refractivity contribution in [2.45, 2.75) is 13.2 Å². The van der Waals surface area contributed by atoms with Gasteiger partial charge in [0.2, 0.25) is 0 Å². The van der Waals surface area contributed by atoms with Crippen molar-refractivity contribution in [2.24, 2.45) is 0 Å². The molecule has 0 amide bonds. The van der Waals surface area contributed by atoms with Crippen LogP contribution in [0.15, 0.2) is 42.5 Å². The number of ether oxygens (including phenoxy) is 2.